The van der Waals surface area contributed by atoms with Crippen LogP contribution in [0, 0.1) is 5.82 Å². The molecule has 0 atom stereocenters. The lowest BCUT2D eigenvalue weighted by Crippen LogP contribution is -2.21. The maximum atomic E-state index is 13.8. The fraction of sp³-hybridized carbons (Fsp3) is 0.0385. The molecule has 0 amide bonds. The lowest BCUT2D eigenvalue weighted by Gasteiger charge is -2.02. The number of aromatic nitrogens is 5. The van der Waals surface area contributed by atoms with Gasteiger partial charge in [0.05, 0.1) is 22.8 Å². The smallest absolute Gasteiger partial charge is 0.123 e. The van der Waals surface area contributed by atoms with Crippen LogP contribution in [-0.4, -0.2) is 25.1 Å². The van der Waals surface area contributed by atoms with Gasteiger partial charge in [0.25, 0.3) is 0 Å². The Morgan fingerprint density at radius 2 is 1.97 bits per heavy atom. The molecule has 0 radical (unpaired) electrons. The molecular formula is C26H20FN5. The zero-order chi connectivity index (χ0) is 22.1. The zero-order valence-corrected chi connectivity index (χ0v) is 17.4. The summed E-state index contributed by atoms with van der Waals surface area (Å²) in [5.41, 5.74) is 6.17. The van der Waals surface area contributed by atoms with E-state index in [9.17, 15) is 4.39 Å². The topological polar surface area (TPSA) is 70.2 Å². The van der Waals surface area contributed by atoms with E-state index in [0.717, 1.165) is 55.1 Å². The fourth-order valence-corrected chi connectivity index (χ4v) is 3.70. The van der Waals surface area contributed by atoms with Crippen LogP contribution in [0.3, 0.4) is 0 Å². The summed E-state index contributed by atoms with van der Waals surface area (Å²) in [6, 6.07) is 12.4. The molecular weight excluding hydrogens is 401 g/mol. The molecule has 4 aromatic heterocycles. The first-order chi connectivity index (χ1) is 15.6. The Balaban J connectivity index is 1.55. The van der Waals surface area contributed by atoms with Crippen molar-refractivity contribution < 1.29 is 4.39 Å². The maximum Gasteiger partial charge on any atom is 0.123 e. The maximum absolute atomic E-state index is 13.8. The van der Waals surface area contributed by atoms with Crippen LogP contribution in [0.2, 0.25) is 0 Å². The minimum absolute atomic E-state index is 0.280. The highest BCUT2D eigenvalue weighted by Crippen LogP contribution is 2.30. The minimum Gasteiger partial charge on any atom is -0.352 e. The molecule has 1 aromatic carbocycles. The molecule has 0 saturated carbocycles. The number of pyridine rings is 2. The molecule has 156 valence electrons. The number of fused-ring (bicyclic) bond motifs is 1. The second kappa shape index (κ2) is 8.07. The van der Waals surface area contributed by atoms with E-state index in [0.29, 0.717) is 0 Å². The van der Waals surface area contributed by atoms with Gasteiger partial charge >= 0.3 is 0 Å². The second-order valence-corrected chi connectivity index (χ2v) is 7.56. The number of benzene rings is 1. The number of nitrogens with zero attached hydrogens (tertiary/aromatic N) is 3. The quantitative estimate of drug-likeness (QED) is 0.450. The van der Waals surface area contributed by atoms with Gasteiger partial charge in [-0.25, -0.2) is 4.39 Å². The number of nitrogens with one attached hydrogen (secondary N) is 2. The minimum atomic E-state index is -0.280. The third kappa shape index (κ3) is 3.63. The van der Waals surface area contributed by atoms with E-state index in [4.69, 9.17) is 0 Å². The van der Waals surface area contributed by atoms with Gasteiger partial charge < -0.3 is 4.98 Å². The van der Waals surface area contributed by atoms with Crippen LogP contribution in [0.15, 0.2) is 73.3 Å². The van der Waals surface area contributed by atoms with E-state index < -0.39 is 0 Å². The van der Waals surface area contributed by atoms with Crippen molar-refractivity contribution in [3.63, 3.8) is 0 Å². The van der Waals surface area contributed by atoms with Crippen molar-refractivity contribution >= 4 is 29.1 Å². The molecule has 0 aliphatic carbocycles. The van der Waals surface area contributed by atoms with Crippen LogP contribution in [-0.2, 0) is 0 Å². The molecule has 0 bridgehead atoms. The van der Waals surface area contributed by atoms with Crippen molar-refractivity contribution in [3.8, 4) is 22.5 Å². The third-order valence-corrected chi connectivity index (χ3v) is 5.45. The predicted octanol–water partition coefficient (Wildman–Crippen LogP) is 4.45. The van der Waals surface area contributed by atoms with Crippen molar-refractivity contribution in [2.75, 3.05) is 0 Å². The average molecular weight is 421 g/mol. The molecule has 4 heterocycles. The number of hydrogen-bond acceptors (Lipinski definition) is 3. The molecule has 0 aliphatic rings. The van der Waals surface area contributed by atoms with Crippen LogP contribution in [0.25, 0.3) is 51.6 Å². The van der Waals surface area contributed by atoms with Gasteiger partial charge in [0.2, 0.25) is 0 Å². The largest absolute Gasteiger partial charge is 0.352 e. The first kappa shape index (κ1) is 19.6. The molecule has 0 aliphatic heterocycles. The van der Waals surface area contributed by atoms with Crippen LogP contribution >= 0.6 is 0 Å². The summed E-state index contributed by atoms with van der Waals surface area (Å²) < 4.78 is 13.8. The summed E-state index contributed by atoms with van der Waals surface area (Å²) in [6.07, 6.45) is 11.1. The molecule has 0 saturated heterocycles. The number of allylic oxidation sites excluding steroid dienone is 2. The number of aromatic amines is 2. The zero-order valence-electron chi connectivity index (χ0n) is 17.4. The average Bonchev–Trinajstić information content (AvgIpc) is 3.41. The SMILES string of the molecule is C=c1c(-c2cc3c(-c4cccc(F)c4)cncc3[nH]2)n[nH]/c1=C/C=C(\C)c1cccnc1. The van der Waals surface area contributed by atoms with Crippen molar-refractivity contribution in [2.45, 2.75) is 6.92 Å². The molecule has 5 aromatic rings. The lowest BCUT2D eigenvalue weighted by molar-refractivity contribution is 0.628. The third-order valence-electron chi connectivity index (χ3n) is 5.45. The van der Waals surface area contributed by atoms with Gasteiger partial charge in [0, 0.05) is 34.8 Å². The van der Waals surface area contributed by atoms with Crippen molar-refractivity contribution in [3.05, 3.63) is 95.3 Å². The molecule has 32 heavy (non-hydrogen) atoms. The molecule has 0 unspecified atom stereocenters. The Hall–Kier alpha value is -4.32. The van der Waals surface area contributed by atoms with Gasteiger partial charge in [-0.15, -0.1) is 0 Å². The Kier molecular flexibility index (Phi) is 4.95. The van der Waals surface area contributed by atoms with E-state index in [1.54, 1.807) is 24.7 Å². The van der Waals surface area contributed by atoms with Crippen molar-refractivity contribution in [1.82, 2.24) is 25.1 Å². The van der Waals surface area contributed by atoms with E-state index in [1.165, 1.54) is 12.1 Å². The summed E-state index contributed by atoms with van der Waals surface area (Å²) in [4.78, 5) is 11.8. The Bertz CT molecular complexity index is 1560. The lowest BCUT2D eigenvalue weighted by atomic mass is 10.0. The fourth-order valence-electron chi connectivity index (χ4n) is 3.70. The van der Waals surface area contributed by atoms with Crippen LogP contribution < -0.4 is 10.6 Å². The highest BCUT2D eigenvalue weighted by atomic mass is 19.1. The summed E-state index contributed by atoms with van der Waals surface area (Å²) in [7, 11) is 0. The van der Waals surface area contributed by atoms with Crippen LogP contribution in [0.1, 0.15) is 12.5 Å². The van der Waals surface area contributed by atoms with Gasteiger partial charge in [0.1, 0.15) is 11.5 Å². The highest BCUT2D eigenvalue weighted by molar-refractivity contribution is 5.97. The second-order valence-electron chi connectivity index (χ2n) is 7.56. The van der Waals surface area contributed by atoms with Gasteiger partial charge in [-0.3, -0.25) is 15.1 Å². The number of halogens is 1. The number of hydrogen-bond donors (Lipinski definition) is 2. The van der Waals surface area contributed by atoms with E-state index >= 15 is 0 Å². The standard InChI is InChI=1S/C26H20FN5/c1-16(19-6-4-10-28-13-19)8-9-23-17(2)26(32-31-23)24-12-21-22(14-29-15-25(21)30-24)18-5-3-7-20(27)11-18/h3-15,30-31H,2H2,1H3/b16-8+,23-9+. The Morgan fingerprint density at radius 3 is 2.78 bits per heavy atom. The summed E-state index contributed by atoms with van der Waals surface area (Å²) in [6.45, 7) is 6.25. The molecule has 2 N–H and O–H groups in total. The number of rotatable bonds is 4. The summed E-state index contributed by atoms with van der Waals surface area (Å²) >= 11 is 0. The molecule has 6 heteroatoms. The monoisotopic (exact) mass is 421 g/mol. The van der Waals surface area contributed by atoms with Gasteiger partial charge in [0.15, 0.2) is 0 Å². The highest BCUT2D eigenvalue weighted by Gasteiger charge is 2.12. The predicted molar refractivity (Wildman–Crippen MR) is 126 cm³/mol. The van der Waals surface area contributed by atoms with E-state index in [-0.39, 0.29) is 5.82 Å². The Labute approximate surface area is 183 Å². The normalized spacial score (nSPS) is 12.6. The molecule has 5 nitrogen and oxygen atoms in total. The van der Waals surface area contributed by atoms with Gasteiger partial charge in [-0.05, 0) is 54.0 Å². The van der Waals surface area contributed by atoms with Crippen LogP contribution in [0.4, 0.5) is 4.39 Å². The van der Waals surface area contributed by atoms with E-state index in [2.05, 4.69) is 31.7 Å². The first-order valence-electron chi connectivity index (χ1n) is 10.2. The molecule has 0 fully saturated rings. The summed E-state index contributed by atoms with van der Waals surface area (Å²) in [5.74, 6) is -0.280. The van der Waals surface area contributed by atoms with Gasteiger partial charge in [-0.1, -0.05) is 30.9 Å². The number of H-pyrrole nitrogens is 2. The molecule has 5 rings (SSSR count). The molecule has 0 spiro atoms. The Morgan fingerprint density at radius 1 is 1.06 bits per heavy atom. The van der Waals surface area contributed by atoms with Crippen molar-refractivity contribution in [2.24, 2.45) is 0 Å². The van der Waals surface area contributed by atoms with Gasteiger partial charge in [-0.2, -0.15) is 5.10 Å². The summed E-state index contributed by atoms with van der Waals surface area (Å²) in [5, 5.41) is 10.1. The first-order valence-corrected chi connectivity index (χ1v) is 10.2. The van der Waals surface area contributed by atoms with E-state index in [1.807, 2.05) is 49.5 Å². The van der Waals surface area contributed by atoms with Crippen molar-refractivity contribution in [1.29, 1.82) is 0 Å². The van der Waals surface area contributed by atoms with Crippen LogP contribution in [0.5, 0.6) is 0 Å².